The Morgan fingerprint density at radius 1 is 1.40 bits per heavy atom. The molecule has 2 nitrogen and oxygen atoms in total. The second-order valence-electron chi connectivity index (χ2n) is 5.47. The monoisotopic (exact) mass is 230 g/mol. The molecule has 0 aromatic carbocycles. The standard InChI is InChI=1S/C12H26N2S/c1-10-11(2)15-8-7-14(10)6-5-12(3,4)9-13/h10-11H,5-9,13H2,1-4H3. The first-order chi connectivity index (χ1) is 6.96. The van der Waals surface area contributed by atoms with Crippen molar-refractivity contribution in [1.29, 1.82) is 0 Å². The zero-order valence-corrected chi connectivity index (χ0v) is 11.4. The molecule has 1 heterocycles. The van der Waals surface area contributed by atoms with Gasteiger partial charge in [0.1, 0.15) is 0 Å². The van der Waals surface area contributed by atoms with Crippen molar-refractivity contribution in [3.8, 4) is 0 Å². The van der Waals surface area contributed by atoms with E-state index in [1.54, 1.807) is 0 Å². The van der Waals surface area contributed by atoms with E-state index in [1.807, 2.05) is 0 Å². The lowest BCUT2D eigenvalue weighted by Gasteiger charge is -2.39. The van der Waals surface area contributed by atoms with Crippen LogP contribution in [0.3, 0.4) is 0 Å². The summed E-state index contributed by atoms with van der Waals surface area (Å²) in [5, 5.41) is 0.778. The van der Waals surface area contributed by atoms with Crippen LogP contribution in [0.1, 0.15) is 34.1 Å². The van der Waals surface area contributed by atoms with Gasteiger partial charge in [0.25, 0.3) is 0 Å². The number of thioether (sulfide) groups is 1. The van der Waals surface area contributed by atoms with Crippen LogP contribution in [0.5, 0.6) is 0 Å². The first-order valence-corrected chi connectivity index (χ1v) is 7.07. The molecule has 3 heteroatoms. The van der Waals surface area contributed by atoms with E-state index in [-0.39, 0.29) is 0 Å². The molecular formula is C12H26N2S. The Bertz CT molecular complexity index is 194. The lowest BCUT2D eigenvalue weighted by molar-refractivity contribution is 0.179. The first-order valence-electron chi connectivity index (χ1n) is 6.02. The SMILES string of the molecule is CC1SCCN(CCC(C)(C)CN)C1C. The van der Waals surface area contributed by atoms with Gasteiger partial charge in [-0.3, -0.25) is 4.90 Å². The molecule has 0 aromatic rings. The molecule has 1 aliphatic rings. The molecule has 1 fully saturated rings. The van der Waals surface area contributed by atoms with Crippen molar-refractivity contribution in [1.82, 2.24) is 4.90 Å². The van der Waals surface area contributed by atoms with Crippen LogP contribution in [-0.2, 0) is 0 Å². The highest BCUT2D eigenvalue weighted by atomic mass is 32.2. The molecule has 2 atom stereocenters. The maximum atomic E-state index is 5.76. The summed E-state index contributed by atoms with van der Waals surface area (Å²) in [5.41, 5.74) is 6.06. The van der Waals surface area contributed by atoms with Gasteiger partial charge in [-0.05, 0) is 31.8 Å². The van der Waals surface area contributed by atoms with Gasteiger partial charge in [0.15, 0.2) is 0 Å². The number of hydrogen-bond donors (Lipinski definition) is 1. The molecule has 0 bridgehead atoms. The highest BCUT2D eigenvalue weighted by Gasteiger charge is 2.26. The number of nitrogens with zero attached hydrogens (tertiary/aromatic N) is 1. The van der Waals surface area contributed by atoms with Crippen LogP contribution < -0.4 is 5.73 Å². The van der Waals surface area contributed by atoms with Gasteiger partial charge in [-0.25, -0.2) is 0 Å². The number of rotatable bonds is 4. The second-order valence-corrected chi connectivity index (χ2v) is 6.96. The zero-order valence-electron chi connectivity index (χ0n) is 10.6. The molecule has 0 saturated carbocycles. The molecule has 1 rings (SSSR count). The molecule has 1 saturated heterocycles. The third-order valence-electron chi connectivity index (χ3n) is 3.64. The van der Waals surface area contributed by atoms with Crippen molar-refractivity contribution in [2.24, 2.45) is 11.1 Å². The molecule has 2 N–H and O–H groups in total. The smallest absolute Gasteiger partial charge is 0.0184 e. The lowest BCUT2D eigenvalue weighted by atomic mass is 9.89. The summed E-state index contributed by atoms with van der Waals surface area (Å²) >= 11 is 2.10. The molecule has 15 heavy (non-hydrogen) atoms. The quantitative estimate of drug-likeness (QED) is 0.803. The van der Waals surface area contributed by atoms with Gasteiger partial charge in [0.2, 0.25) is 0 Å². The fourth-order valence-electron chi connectivity index (χ4n) is 1.86. The molecule has 1 aliphatic heterocycles. The third kappa shape index (κ3) is 3.97. The van der Waals surface area contributed by atoms with Gasteiger partial charge in [-0.2, -0.15) is 11.8 Å². The molecule has 0 aliphatic carbocycles. The van der Waals surface area contributed by atoms with Gasteiger partial charge in [-0.15, -0.1) is 0 Å². The number of nitrogens with two attached hydrogens (primary N) is 1. The highest BCUT2D eigenvalue weighted by Crippen LogP contribution is 2.26. The molecule has 90 valence electrons. The molecule has 0 amide bonds. The summed E-state index contributed by atoms with van der Waals surface area (Å²) in [6.07, 6.45) is 1.21. The van der Waals surface area contributed by atoms with Gasteiger partial charge >= 0.3 is 0 Å². The predicted molar refractivity (Wildman–Crippen MR) is 70.4 cm³/mol. The topological polar surface area (TPSA) is 29.3 Å². The largest absolute Gasteiger partial charge is 0.330 e. The zero-order chi connectivity index (χ0) is 11.5. The first kappa shape index (κ1) is 13.3. The Hall–Kier alpha value is 0.270. The highest BCUT2D eigenvalue weighted by molar-refractivity contribution is 8.00. The van der Waals surface area contributed by atoms with Crippen LogP contribution in [0, 0.1) is 5.41 Å². The van der Waals surface area contributed by atoms with Crippen molar-refractivity contribution < 1.29 is 0 Å². The second kappa shape index (κ2) is 5.55. The lowest BCUT2D eigenvalue weighted by Crippen LogP contribution is -2.46. The molecule has 2 unspecified atom stereocenters. The normalized spacial score (nSPS) is 29.4. The predicted octanol–water partition coefficient (Wildman–Crippen LogP) is 2.19. The molecule has 0 spiro atoms. The average Bonchev–Trinajstić information content (AvgIpc) is 2.20. The van der Waals surface area contributed by atoms with Crippen LogP contribution >= 0.6 is 11.8 Å². The fraction of sp³-hybridized carbons (Fsp3) is 1.00. The van der Waals surface area contributed by atoms with Crippen LogP contribution in [0.2, 0.25) is 0 Å². The van der Waals surface area contributed by atoms with Gasteiger partial charge in [0.05, 0.1) is 0 Å². The van der Waals surface area contributed by atoms with E-state index in [0.29, 0.717) is 5.41 Å². The molecule has 0 aromatic heterocycles. The van der Waals surface area contributed by atoms with Crippen LogP contribution in [0.25, 0.3) is 0 Å². The van der Waals surface area contributed by atoms with Gasteiger partial charge in [-0.1, -0.05) is 20.8 Å². The van der Waals surface area contributed by atoms with Gasteiger partial charge in [0, 0.05) is 23.6 Å². The Morgan fingerprint density at radius 3 is 2.67 bits per heavy atom. The van der Waals surface area contributed by atoms with Crippen molar-refractivity contribution in [3.05, 3.63) is 0 Å². The summed E-state index contributed by atoms with van der Waals surface area (Å²) in [7, 11) is 0. The summed E-state index contributed by atoms with van der Waals surface area (Å²) in [5.74, 6) is 1.29. The minimum atomic E-state index is 0.299. The van der Waals surface area contributed by atoms with Crippen LogP contribution in [0.4, 0.5) is 0 Å². The van der Waals surface area contributed by atoms with E-state index in [0.717, 1.165) is 17.8 Å². The van der Waals surface area contributed by atoms with E-state index >= 15 is 0 Å². The summed E-state index contributed by atoms with van der Waals surface area (Å²) in [4.78, 5) is 2.62. The molecular weight excluding hydrogens is 204 g/mol. The Morgan fingerprint density at radius 2 is 2.07 bits per heavy atom. The van der Waals surface area contributed by atoms with E-state index in [1.165, 1.54) is 25.3 Å². The minimum absolute atomic E-state index is 0.299. The number of hydrogen-bond acceptors (Lipinski definition) is 3. The van der Waals surface area contributed by atoms with E-state index in [9.17, 15) is 0 Å². The Labute approximate surface area is 99.0 Å². The summed E-state index contributed by atoms with van der Waals surface area (Å²) in [6.45, 7) is 12.5. The average molecular weight is 230 g/mol. The summed E-state index contributed by atoms with van der Waals surface area (Å²) < 4.78 is 0. The van der Waals surface area contributed by atoms with Crippen molar-refractivity contribution in [2.75, 3.05) is 25.4 Å². The fourth-order valence-corrected chi connectivity index (χ4v) is 3.02. The van der Waals surface area contributed by atoms with E-state index in [2.05, 4.69) is 44.4 Å². The van der Waals surface area contributed by atoms with Crippen molar-refractivity contribution >= 4 is 11.8 Å². The van der Waals surface area contributed by atoms with Crippen LogP contribution in [-0.4, -0.2) is 41.6 Å². The Kier molecular flexibility index (Phi) is 4.94. The maximum absolute atomic E-state index is 5.76. The minimum Gasteiger partial charge on any atom is -0.330 e. The maximum Gasteiger partial charge on any atom is 0.0184 e. The van der Waals surface area contributed by atoms with Gasteiger partial charge < -0.3 is 5.73 Å². The Balaban J connectivity index is 2.37. The summed E-state index contributed by atoms with van der Waals surface area (Å²) in [6, 6.07) is 0.720. The molecule has 0 radical (unpaired) electrons. The van der Waals surface area contributed by atoms with E-state index in [4.69, 9.17) is 5.73 Å². The van der Waals surface area contributed by atoms with Crippen molar-refractivity contribution in [3.63, 3.8) is 0 Å². The van der Waals surface area contributed by atoms with Crippen LogP contribution in [0.15, 0.2) is 0 Å². The third-order valence-corrected chi connectivity index (χ3v) is 4.98. The van der Waals surface area contributed by atoms with E-state index < -0.39 is 0 Å². The van der Waals surface area contributed by atoms with Crippen molar-refractivity contribution in [2.45, 2.75) is 45.4 Å².